The molecule has 4 nitrogen and oxygen atoms in total. The van der Waals surface area contributed by atoms with Gasteiger partial charge in [-0.05, 0) is 32.6 Å². The fourth-order valence-corrected chi connectivity index (χ4v) is 3.54. The SMILES string of the molecule is CC1CCC(C(=O)N2CCOC3(CCCC3)C2)O1. The number of morpholine rings is 1. The van der Waals surface area contributed by atoms with E-state index in [4.69, 9.17) is 9.47 Å². The molecule has 0 N–H and O–H groups in total. The van der Waals surface area contributed by atoms with Crippen LogP contribution in [0.5, 0.6) is 0 Å². The zero-order chi connectivity index (χ0) is 12.6. The van der Waals surface area contributed by atoms with Crippen molar-refractivity contribution in [1.82, 2.24) is 4.90 Å². The lowest BCUT2D eigenvalue weighted by atomic mass is 9.99. The summed E-state index contributed by atoms with van der Waals surface area (Å²) in [5, 5.41) is 0. The third kappa shape index (κ3) is 2.28. The van der Waals surface area contributed by atoms with E-state index < -0.39 is 0 Å². The second kappa shape index (κ2) is 4.82. The topological polar surface area (TPSA) is 38.8 Å². The van der Waals surface area contributed by atoms with Crippen LogP contribution >= 0.6 is 0 Å². The van der Waals surface area contributed by atoms with E-state index in [1.165, 1.54) is 12.8 Å². The molecule has 0 aromatic carbocycles. The highest BCUT2D eigenvalue weighted by molar-refractivity contribution is 5.81. The first kappa shape index (κ1) is 12.4. The standard InChI is InChI=1S/C14H23NO3/c1-11-4-5-12(18-11)13(16)15-8-9-17-14(10-15)6-2-3-7-14/h11-12H,2-10H2,1H3. The number of amides is 1. The van der Waals surface area contributed by atoms with Crippen molar-refractivity contribution in [2.45, 2.75) is 63.3 Å². The van der Waals surface area contributed by atoms with Crippen molar-refractivity contribution in [2.75, 3.05) is 19.7 Å². The summed E-state index contributed by atoms with van der Waals surface area (Å²) in [7, 11) is 0. The highest BCUT2D eigenvalue weighted by Crippen LogP contribution is 2.36. The smallest absolute Gasteiger partial charge is 0.251 e. The predicted octanol–water partition coefficient (Wildman–Crippen LogP) is 1.73. The van der Waals surface area contributed by atoms with Crippen LogP contribution in [0.4, 0.5) is 0 Å². The third-order valence-corrected chi connectivity index (χ3v) is 4.58. The first-order valence-corrected chi connectivity index (χ1v) is 7.27. The van der Waals surface area contributed by atoms with Crippen molar-refractivity contribution >= 4 is 5.91 Å². The van der Waals surface area contributed by atoms with Crippen molar-refractivity contribution in [3.8, 4) is 0 Å². The first-order chi connectivity index (χ1) is 8.69. The Bertz CT molecular complexity index is 325. The molecule has 2 saturated heterocycles. The van der Waals surface area contributed by atoms with Gasteiger partial charge in [0, 0.05) is 13.1 Å². The van der Waals surface area contributed by atoms with Crippen LogP contribution < -0.4 is 0 Å². The molecule has 1 spiro atoms. The van der Waals surface area contributed by atoms with Gasteiger partial charge in [0.25, 0.3) is 5.91 Å². The molecule has 2 atom stereocenters. The van der Waals surface area contributed by atoms with E-state index in [1.807, 2.05) is 11.8 Å². The average molecular weight is 253 g/mol. The second-order valence-corrected chi connectivity index (χ2v) is 6.01. The van der Waals surface area contributed by atoms with Crippen molar-refractivity contribution in [3.63, 3.8) is 0 Å². The number of carbonyl (C=O) groups is 1. The Morgan fingerprint density at radius 3 is 2.72 bits per heavy atom. The Kier molecular flexibility index (Phi) is 3.32. The van der Waals surface area contributed by atoms with Gasteiger partial charge in [-0.3, -0.25) is 4.79 Å². The lowest BCUT2D eigenvalue weighted by Gasteiger charge is -2.41. The van der Waals surface area contributed by atoms with Gasteiger partial charge in [-0.2, -0.15) is 0 Å². The van der Waals surface area contributed by atoms with Gasteiger partial charge in [0.15, 0.2) is 0 Å². The van der Waals surface area contributed by atoms with E-state index in [2.05, 4.69) is 0 Å². The summed E-state index contributed by atoms with van der Waals surface area (Å²) in [6.07, 6.45) is 6.61. The number of hydrogen-bond donors (Lipinski definition) is 0. The Balaban J connectivity index is 1.63. The van der Waals surface area contributed by atoms with Gasteiger partial charge in [-0.25, -0.2) is 0 Å². The van der Waals surface area contributed by atoms with Gasteiger partial charge in [0.2, 0.25) is 0 Å². The molecule has 102 valence electrons. The third-order valence-electron chi connectivity index (χ3n) is 4.58. The van der Waals surface area contributed by atoms with E-state index in [-0.39, 0.29) is 23.7 Å². The number of hydrogen-bond acceptors (Lipinski definition) is 3. The Morgan fingerprint density at radius 1 is 1.28 bits per heavy atom. The fourth-order valence-electron chi connectivity index (χ4n) is 3.54. The van der Waals surface area contributed by atoms with Crippen LogP contribution in [0.25, 0.3) is 0 Å². The molecule has 3 rings (SSSR count). The lowest BCUT2D eigenvalue weighted by molar-refractivity contribution is -0.159. The summed E-state index contributed by atoms with van der Waals surface area (Å²) in [5.74, 6) is 0.189. The maximum atomic E-state index is 12.4. The molecule has 1 amide bonds. The number of ether oxygens (including phenoxy) is 2. The molecule has 2 unspecified atom stereocenters. The summed E-state index contributed by atoms with van der Waals surface area (Å²) in [6.45, 7) is 4.24. The van der Waals surface area contributed by atoms with Crippen molar-refractivity contribution < 1.29 is 14.3 Å². The van der Waals surface area contributed by atoms with Crippen LogP contribution in [0.3, 0.4) is 0 Å². The van der Waals surface area contributed by atoms with Crippen LogP contribution in [0.1, 0.15) is 45.4 Å². The fraction of sp³-hybridized carbons (Fsp3) is 0.929. The summed E-state index contributed by atoms with van der Waals surface area (Å²) in [6, 6.07) is 0. The zero-order valence-corrected chi connectivity index (χ0v) is 11.2. The molecule has 0 radical (unpaired) electrons. The molecule has 1 saturated carbocycles. The molecule has 3 fully saturated rings. The maximum absolute atomic E-state index is 12.4. The number of carbonyl (C=O) groups excluding carboxylic acids is 1. The van der Waals surface area contributed by atoms with Crippen LogP contribution in [-0.4, -0.2) is 48.3 Å². The number of rotatable bonds is 1. The molecule has 0 aromatic rings. The van der Waals surface area contributed by atoms with E-state index in [0.29, 0.717) is 6.61 Å². The molecular formula is C14H23NO3. The Hall–Kier alpha value is -0.610. The monoisotopic (exact) mass is 253 g/mol. The molecular weight excluding hydrogens is 230 g/mol. The van der Waals surface area contributed by atoms with Gasteiger partial charge in [0.05, 0.1) is 18.3 Å². The predicted molar refractivity (Wildman–Crippen MR) is 67.3 cm³/mol. The van der Waals surface area contributed by atoms with Gasteiger partial charge in [0.1, 0.15) is 6.10 Å². The largest absolute Gasteiger partial charge is 0.371 e. The summed E-state index contributed by atoms with van der Waals surface area (Å²) < 4.78 is 11.7. The molecule has 0 aromatic heterocycles. The molecule has 0 bridgehead atoms. The van der Waals surface area contributed by atoms with Crippen LogP contribution in [0.2, 0.25) is 0 Å². The maximum Gasteiger partial charge on any atom is 0.251 e. The zero-order valence-electron chi connectivity index (χ0n) is 11.2. The second-order valence-electron chi connectivity index (χ2n) is 6.01. The quantitative estimate of drug-likeness (QED) is 0.714. The molecule has 2 heterocycles. The van der Waals surface area contributed by atoms with Crippen LogP contribution in [-0.2, 0) is 14.3 Å². The molecule has 2 aliphatic heterocycles. The Morgan fingerprint density at radius 2 is 2.06 bits per heavy atom. The minimum absolute atomic E-state index is 0.0296. The minimum atomic E-state index is -0.198. The van der Waals surface area contributed by atoms with Crippen molar-refractivity contribution in [1.29, 1.82) is 0 Å². The molecule has 18 heavy (non-hydrogen) atoms. The van der Waals surface area contributed by atoms with Crippen LogP contribution in [0, 0.1) is 0 Å². The van der Waals surface area contributed by atoms with E-state index in [1.54, 1.807) is 0 Å². The van der Waals surface area contributed by atoms with Crippen molar-refractivity contribution in [3.05, 3.63) is 0 Å². The highest BCUT2D eigenvalue weighted by Gasteiger charge is 2.42. The van der Waals surface area contributed by atoms with Gasteiger partial charge in [-0.1, -0.05) is 12.8 Å². The molecule has 4 heteroatoms. The first-order valence-electron chi connectivity index (χ1n) is 7.27. The van der Waals surface area contributed by atoms with Gasteiger partial charge in [-0.15, -0.1) is 0 Å². The Labute approximate surface area is 109 Å². The summed E-state index contributed by atoms with van der Waals surface area (Å²) in [5.41, 5.74) is -0.0296. The van der Waals surface area contributed by atoms with Gasteiger partial charge < -0.3 is 14.4 Å². The number of nitrogens with zero attached hydrogens (tertiary/aromatic N) is 1. The van der Waals surface area contributed by atoms with Gasteiger partial charge >= 0.3 is 0 Å². The summed E-state index contributed by atoms with van der Waals surface area (Å²) >= 11 is 0. The summed E-state index contributed by atoms with van der Waals surface area (Å²) in [4.78, 5) is 14.4. The van der Waals surface area contributed by atoms with Crippen molar-refractivity contribution in [2.24, 2.45) is 0 Å². The van der Waals surface area contributed by atoms with E-state index >= 15 is 0 Å². The molecule has 1 aliphatic carbocycles. The lowest BCUT2D eigenvalue weighted by Crippen LogP contribution is -2.54. The molecule has 3 aliphatic rings. The van der Waals surface area contributed by atoms with Crippen LogP contribution in [0.15, 0.2) is 0 Å². The highest BCUT2D eigenvalue weighted by atomic mass is 16.5. The minimum Gasteiger partial charge on any atom is -0.371 e. The normalized spacial score (nSPS) is 35.3. The van der Waals surface area contributed by atoms with E-state index in [0.717, 1.165) is 38.8 Å². The van der Waals surface area contributed by atoms with E-state index in [9.17, 15) is 4.79 Å². The average Bonchev–Trinajstić information content (AvgIpc) is 2.98.